The molecule has 0 aliphatic rings. The van der Waals surface area contributed by atoms with Crippen LogP contribution in [-0.4, -0.2) is 20.3 Å². The van der Waals surface area contributed by atoms with Gasteiger partial charge in [0.15, 0.2) is 0 Å². The van der Waals surface area contributed by atoms with Crippen LogP contribution in [0.1, 0.15) is 22.8 Å². The van der Waals surface area contributed by atoms with Gasteiger partial charge in [0.05, 0.1) is 5.69 Å². The van der Waals surface area contributed by atoms with Crippen molar-refractivity contribution in [1.29, 1.82) is 5.26 Å². The van der Waals surface area contributed by atoms with Crippen LogP contribution in [0.5, 0.6) is 0 Å². The second-order valence-electron chi connectivity index (χ2n) is 4.29. The lowest BCUT2D eigenvalue weighted by atomic mass is 10.3. The van der Waals surface area contributed by atoms with Gasteiger partial charge < -0.3 is 4.57 Å². The molecule has 5 nitrogen and oxygen atoms in total. The van der Waals surface area contributed by atoms with Crippen LogP contribution in [0.15, 0.2) is 15.2 Å². The smallest absolute Gasteiger partial charge is 0.303 e. The highest BCUT2D eigenvalue weighted by Crippen LogP contribution is 2.22. The molecule has 0 spiro atoms. The molecule has 2 aromatic heterocycles. The molecule has 0 aliphatic carbocycles. The highest BCUT2D eigenvalue weighted by Gasteiger charge is 2.11. The van der Waals surface area contributed by atoms with Crippen molar-refractivity contribution in [2.24, 2.45) is 0 Å². The van der Waals surface area contributed by atoms with E-state index in [1.807, 2.05) is 26.2 Å². The Morgan fingerprint density at radius 1 is 1.40 bits per heavy atom. The fraction of sp³-hybridized carbons (Fsp3) is 0.385. The van der Waals surface area contributed by atoms with Crippen molar-refractivity contribution in [3.05, 3.63) is 37.8 Å². The fourth-order valence-electron chi connectivity index (χ4n) is 1.82. The van der Waals surface area contributed by atoms with Crippen molar-refractivity contribution in [1.82, 2.24) is 14.5 Å². The second-order valence-corrected chi connectivity index (χ2v) is 6.20. The van der Waals surface area contributed by atoms with E-state index in [4.69, 9.17) is 5.26 Å². The average Bonchev–Trinajstić information content (AvgIpc) is 2.70. The van der Waals surface area contributed by atoms with Gasteiger partial charge in [-0.3, -0.25) is 4.79 Å². The van der Waals surface area contributed by atoms with Crippen molar-refractivity contribution in [2.45, 2.75) is 32.3 Å². The van der Waals surface area contributed by atoms with E-state index in [-0.39, 0.29) is 4.87 Å². The number of hydrogen-bond donors (Lipinski definition) is 0. The highest BCUT2D eigenvalue weighted by atomic mass is 32.2. The lowest BCUT2D eigenvalue weighted by Crippen LogP contribution is -2.16. The van der Waals surface area contributed by atoms with Gasteiger partial charge >= 0.3 is 4.87 Å². The molecule has 0 saturated heterocycles. The van der Waals surface area contributed by atoms with E-state index < -0.39 is 0 Å². The summed E-state index contributed by atoms with van der Waals surface area (Å²) < 4.78 is 1.74. The molecule has 0 aromatic carbocycles. The minimum Gasteiger partial charge on any atom is -0.303 e. The number of thiazole rings is 1. The van der Waals surface area contributed by atoms with Gasteiger partial charge in [-0.2, -0.15) is 5.26 Å². The van der Waals surface area contributed by atoms with E-state index in [9.17, 15) is 4.79 Å². The highest BCUT2D eigenvalue weighted by molar-refractivity contribution is 7.99. The van der Waals surface area contributed by atoms with E-state index in [0.717, 1.165) is 5.69 Å². The third-order valence-corrected chi connectivity index (χ3v) is 4.65. The van der Waals surface area contributed by atoms with Crippen LogP contribution in [-0.2, 0) is 6.54 Å². The maximum absolute atomic E-state index is 11.6. The normalized spacial score (nSPS) is 10.5. The molecule has 2 rings (SSSR count). The van der Waals surface area contributed by atoms with Crippen molar-refractivity contribution < 1.29 is 0 Å². The predicted molar refractivity (Wildman–Crippen MR) is 80.3 cm³/mol. The molecule has 0 fully saturated rings. The first kappa shape index (κ1) is 14.8. The SMILES string of the molecule is Cc1nc(C)c(C#N)c(SCCn2c(C)csc2=O)n1. The summed E-state index contributed by atoms with van der Waals surface area (Å²) in [5.74, 6) is 1.36. The molecule has 0 bridgehead atoms. The van der Waals surface area contributed by atoms with Crippen LogP contribution in [0.25, 0.3) is 0 Å². The van der Waals surface area contributed by atoms with E-state index in [1.54, 1.807) is 4.57 Å². The Morgan fingerprint density at radius 2 is 2.15 bits per heavy atom. The first-order valence-corrected chi connectivity index (χ1v) is 7.92. The van der Waals surface area contributed by atoms with Gasteiger partial charge in [0.2, 0.25) is 0 Å². The summed E-state index contributed by atoms with van der Waals surface area (Å²) in [4.78, 5) is 20.2. The summed E-state index contributed by atoms with van der Waals surface area (Å²) >= 11 is 2.70. The molecule has 0 atom stereocenters. The van der Waals surface area contributed by atoms with Crippen LogP contribution in [0.3, 0.4) is 0 Å². The first-order valence-electron chi connectivity index (χ1n) is 6.06. The number of nitriles is 1. The summed E-state index contributed by atoms with van der Waals surface area (Å²) in [6.45, 7) is 6.16. The molecular formula is C13H14N4OS2. The van der Waals surface area contributed by atoms with Crippen molar-refractivity contribution >= 4 is 23.1 Å². The molecule has 2 aromatic rings. The maximum Gasteiger partial charge on any atom is 0.307 e. The quantitative estimate of drug-likeness (QED) is 0.640. The Balaban J connectivity index is 2.12. The molecule has 20 heavy (non-hydrogen) atoms. The van der Waals surface area contributed by atoms with Crippen LogP contribution in [0.2, 0.25) is 0 Å². The lowest BCUT2D eigenvalue weighted by molar-refractivity contribution is 0.730. The van der Waals surface area contributed by atoms with Gasteiger partial charge in [-0.25, -0.2) is 9.97 Å². The van der Waals surface area contributed by atoms with Gasteiger partial charge in [0, 0.05) is 23.4 Å². The Hall–Kier alpha value is -1.65. The van der Waals surface area contributed by atoms with E-state index in [0.29, 0.717) is 34.4 Å². The van der Waals surface area contributed by atoms with Crippen LogP contribution >= 0.6 is 23.1 Å². The molecule has 0 amide bonds. The Labute approximate surface area is 125 Å². The molecule has 7 heteroatoms. The Bertz CT molecular complexity index is 727. The lowest BCUT2D eigenvalue weighted by Gasteiger charge is -2.07. The zero-order valence-electron chi connectivity index (χ0n) is 11.5. The minimum atomic E-state index is 0.0543. The van der Waals surface area contributed by atoms with E-state index >= 15 is 0 Å². The third-order valence-electron chi connectivity index (χ3n) is 2.81. The zero-order valence-corrected chi connectivity index (χ0v) is 13.1. The second kappa shape index (κ2) is 6.20. The number of nitrogens with zero attached hydrogens (tertiary/aromatic N) is 4. The molecular weight excluding hydrogens is 292 g/mol. The van der Waals surface area contributed by atoms with Crippen LogP contribution in [0.4, 0.5) is 0 Å². The van der Waals surface area contributed by atoms with Gasteiger partial charge in [-0.1, -0.05) is 11.3 Å². The number of hydrogen-bond acceptors (Lipinski definition) is 6. The standard InChI is InChI=1S/C13H14N4OS2/c1-8-7-20-13(18)17(8)4-5-19-12-11(6-14)9(2)15-10(3)16-12/h7H,4-5H2,1-3H3. The molecule has 104 valence electrons. The zero-order chi connectivity index (χ0) is 14.7. The summed E-state index contributed by atoms with van der Waals surface area (Å²) in [6, 6.07) is 2.15. The largest absolute Gasteiger partial charge is 0.307 e. The Kier molecular flexibility index (Phi) is 4.57. The number of aromatic nitrogens is 3. The topological polar surface area (TPSA) is 71.6 Å². The van der Waals surface area contributed by atoms with Gasteiger partial charge in [-0.15, -0.1) is 11.8 Å². The third kappa shape index (κ3) is 3.08. The summed E-state index contributed by atoms with van der Waals surface area (Å²) in [6.07, 6.45) is 0. The van der Waals surface area contributed by atoms with Gasteiger partial charge in [0.25, 0.3) is 0 Å². The molecule has 0 aliphatic heterocycles. The maximum atomic E-state index is 11.6. The number of rotatable bonds is 4. The van der Waals surface area contributed by atoms with Gasteiger partial charge in [-0.05, 0) is 20.8 Å². The van der Waals surface area contributed by atoms with Crippen molar-refractivity contribution in [3.8, 4) is 6.07 Å². The predicted octanol–water partition coefficient (Wildman–Crippen LogP) is 2.29. The first-order chi connectivity index (χ1) is 9.52. The summed E-state index contributed by atoms with van der Waals surface area (Å²) in [5.41, 5.74) is 2.19. The number of thioether (sulfide) groups is 1. The molecule has 0 radical (unpaired) electrons. The van der Waals surface area contributed by atoms with Gasteiger partial charge in [0.1, 0.15) is 22.5 Å². The summed E-state index contributed by atoms with van der Waals surface area (Å²) in [5, 5.41) is 11.7. The van der Waals surface area contributed by atoms with E-state index in [2.05, 4.69) is 16.0 Å². The Morgan fingerprint density at radius 3 is 2.75 bits per heavy atom. The fourth-order valence-corrected chi connectivity index (χ4v) is 3.59. The average molecular weight is 306 g/mol. The van der Waals surface area contributed by atoms with E-state index in [1.165, 1.54) is 23.1 Å². The summed E-state index contributed by atoms with van der Waals surface area (Å²) in [7, 11) is 0. The minimum absolute atomic E-state index is 0.0543. The monoisotopic (exact) mass is 306 g/mol. The molecule has 0 saturated carbocycles. The molecule has 0 unspecified atom stereocenters. The van der Waals surface area contributed by atoms with Crippen molar-refractivity contribution in [3.63, 3.8) is 0 Å². The molecule has 2 heterocycles. The molecule has 0 N–H and O–H groups in total. The van der Waals surface area contributed by atoms with Crippen LogP contribution < -0.4 is 4.87 Å². The van der Waals surface area contributed by atoms with Crippen LogP contribution in [0, 0.1) is 32.1 Å². The number of aryl methyl sites for hydroxylation is 3. The van der Waals surface area contributed by atoms with Crippen molar-refractivity contribution in [2.75, 3.05) is 5.75 Å².